The Bertz CT molecular complexity index is 721. The first-order valence-corrected chi connectivity index (χ1v) is 8.92. The molecule has 2 fully saturated rings. The number of likely N-dealkylation sites (tertiary alicyclic amines) is 1. The van der Waals surface area contributed by atoms with Gasteiger partial charge in [-0.25, -0.2) is 4.98 Å². The highest BCUT2D eigenvalue weighted by Crippen LogP contribution is 2.37. The minimum atomic E-state index is -0.00428. The van der Waals surface area contributed by atoms with Crippen molar-refractivity contribution >= 4 is 5.91 Å². The molecule has 3 heterocycles. The molecule has 5 nitrogen and oxygen atoms in total. The van der Waals surface area contributed by atoms with Gasteiger partial charge >= 0.3 is 0 Å². The van der Waals surface area contributed by atoms with Gasteiger partial charge in [0.1, 0.15) is 5.76 Å². The first kappa shape index (κ1) is 15.4. The molecule has 0 radical (unpaired) electrons. The first-order chi connectivity index (χ1) is 11.7. The Morgan fingerprint density at radius 2 is 2.12 bits per heavy atom. The summed E-state index contributed by atoms with van der Waals surface area (Å²) in [6.07, 6.45) is 10.2. The van der Waals surface area contributed by atoms with E-state index in [1.165, 1.54) is 6.42 Å². The van der Waals surface area contributed by atoms with Crippen molar-refractivity contribution in [1.82, 2.24) is 14.9 Å². The zero-order valence-corrected chi connectivity index (χ0v) is 14.1. The van der Waals surface area contributed by atoms with Crippen LogP contribution in [0.1, 0.15) is 78.2 Å². The molecule has 1 amide bonds. The van der Waals surface area contributed by atoms with Gasteiger partial charge in [0, 0.05) is 24.9 Å². The molecule has 0 spiro atoms. The number of nitrogens with zero attached hydrogens (tertiary/aromatic N) is 3. The number of hydrogen-bond donors (Lipinski definition) is 0. The number of aryl methyl sites for hydroxylation is 1. The van der Waals surface area contributed by atoms with Crippen LogP contribution in [0.15, 0.2) is 28.9 Å². The van der Waals surface area contributed by atoms with Crippen LogP contribution in [0.3, 0.4) is 0 Å². The van der Waals surface area contributed by atoms with Gasteiger partial charge in [-0.05, 0) is 50.7 Å². The fourth-order valence-corrected chi connectivity index (χ4v) is 3.68. The molecule has 5 heteroatoms. The summed E-state index contributed by atoms with van der Waals surface area (Å²) in [5.74, 6) is 1.80. The molecule has 1 unspecified atom stereocenters. The predicted octanol–water partition coefficient (Wildman–Crippen LogP) is 4.01. The largest absolute Gasteiger partial charge is 0.445 e. The average molecular weight is 325 g/mol. The number of carbonyl (C=O) groups excluding carboxylic acids is 1. The highest BCUT2D eigenvalue weighted by molar-refractivity contribution is 5.93. The van der Waals surface area contributed by atoms with Crippen LogP contribution in [-0.4, -0.2) is 27.3 Å². The molecule has 1 atom stereocenters. The lowest BCUT2D eigenvalue weighted by Crippen LogP contribution is -2.39. The molecule has 2 aromatic rings. The highest BCUT2D eigenvalue weighted by Gasteiger charge is 2.33. The van der Waals surface area contributed by atoms with E-state index in [0.717, 1.165) is 50.1 Å². The summed E-state index contributed by atoms with van der Waals surface area (Å²) in [7, 11) is 0. The molecule has 24 heavy (non-hydrogen) atoms. The number of piperidine rings is 1. The molecule has 1 saturated heterocycles. The molecule has 126 valence electrons. The van der Waals surface area contributed by atoms with E-state index in [0.29, 0.717) is 17.4 Å². The third-order valence-corrected chi connectivity index (χ3v) is 5.30. The second-order valence-electron chi connectivity index (χ2n) is 6.88. The number of oxazole rings is 1. The van der Waals surface area contributed by atoms with Gasteiger partial charge < -0.3 is 9.32 Å². The molecule has 0 bridgehead atoms. The summed E-state index contributed by atoms with van der Waals surface area (Å²) < 4.78 is 5.80. The Kier molecular flexibility index (Phi) is 4.08. The summed E-state index contributed by atoms with van der Waals surface area (Å²) in [5, 5.41) is 0. The van der Waals surface area contributed by atoms with E-state index < -0.39 is 0 Å². The minimum absolute atomic E-state index is 0.00428. The summed E-state index contributed by atoms with van der Waals surface area (Å²) in [4.78, 5) is 23.9. The highest BCUT2D eigenvalue weighted by atomic mass is 16.4. The van der Waals surface area contributed by atoms with Crippen LogP contribution in [-0.2, 0) is 0 Å². The maximum atomic E-state index is 13.1. The lowest BCUT2D eigenvalue weighted by Gasteiger charge is -2.35. The molecule has 0 aromatic carbocycles. The van der Waals surface area contributed by atoms with Gasteiger partial charge in [-0.1, -0.05) is 12.5 Å². The van der Waals surface area contributed by atoms with E-state index in [4.69, 9.17) is 4.42 Å². The van der Waals surface area contributed by atoms with Crippen molar-refractivity contribution in [3.63, 3.8) is 0 Å². The zero-order chi connectivity index (χ0) is 16.5. The molecule has 2 aliphatic rings. The summed E-state index contributed by atoms with van der Waals surface area (Å²) >= 11 is 0. The van der Waals surface area contributed by atoms with Crippen molar-refractivity contribution in [1.29, 1.82) is 0 Å². The first-order valence-electron chi connectivity index (χ1n) is 8.92. The van der Waals surface area contributed by atoms with Crippen LogP contribution >= 0.6 is 0 Å². The Balaban J connectivity index is 1.61. The summed E-state index contributed by atoms with van der Waals surface area (Å²) in [6, 6.07) is 4.07. The van der Waals surface area contributed by atoms with Gasteiger partial charge in [-0.2, -0.15) is 0 Å². The third-order valence-electron chi connectivity index (χ3n) is 5.30. The van der Waals surface area contributed by atoms with Crippen molar-refractivity contribution in [3.8, 4) is 0 Å². The molecule has 1 aliphatic heterocycles. The zero-order valence-electron chi connectivity index (χ0n) is 14.1. The number of pyridine rings is 1. The van der Waals surface area contributed by atoms with Crippen molar-refractivity contribution in [2.75, 3.05) is 6.54 Å². The number of carbonyl (C=O) groups is 1. The van der Waals surface area contributed by atoms with Crippen LogP contribution in [0.5, 0.6) is 0 Å². The summed E-state index contributed by atoms with van der Waals surface area (Å²) in [5.41, 5.74) is 1.60. The van der Waals surface area contributed by atoms with E-state index in [-0.39, 0.29) is 11.9 Å². The number of rotatable bonds is 3. The normalized spacial score (nSPS) is 21.5. The maximum Gasteiger partial charge on any atom is 0.276 e. The van der Waals surface area contributed by atoms with Crippen LogP contribution in [0.2, 0.25) is 0 Å². The van der Waals surface area contributed by atoms with E-state index >= 15 is 0 Å². The van der Waals surface area contributed by atoms with Crippen LogP contribution in [0.4, 0.5) is 0 Å². The minimum Gasteiger partial charge on any atom is -0.445 e. The lowest BCUT2D eigenvalue weighted by molar-refractivity contribution is 0.0604. The number of amides is 1. The van der Waals surface area contributed by atoms with Gasteiger partial charge in [0.2, 0.25) is 0 Å². The van der Waals surface area contributed by atoms with E-state index in [1.807, 2.05) is 24.1 Å². The van der Waals surface area contributed by atoms with Crippen molar-refractivity contribution < 1.29 is 9.21 Å². The number of hydrogen-bond acceptors (Lipinski definition) is 4. The smallest absolute Gasteiger partial charge is 0.276 e. The Labute approximate surface area is 142 Å². The van der Waals surface area contributed by atoms with Crippen LogP contribution < -0.4 is 0 Å². The van der Waals surface area contributed by atoms with E-state index in [9.17, 15) is 4.79 Å². The van der Waals surface area contributed by atoms with Gasteiger partial charge in [0.05, 0.1) is 6.04 Å². The van der Waals surface area contributed by atoms with Crippen molar-refractivity contribution in [3.05, 3.63) is 47.4 Å². The Morgan fingerprint density at radius 3 is 2.83 bits per heavy atom. The molecule has 0 N–H and O–H groups in total. The SMILES string of the molecule is Cc1oc(C2CCC2)nc1C(=O)N1CCCCC1c1cccnc1. The molecule has 4 rings (SSSR count). The van der Waals surface area contributed by atoms with Gasteiger partial charge in [-0.15, -0.1) is 0 Å². The topological polar surface area (TPSA) is 59.2 Å². The average Bonchev–Trinajstić information content (AvgIpc) is 2.94. The van der Waals surface area contributed by atoms with Gasteiger partial charge in [0.15, 0.2) is 11.6 Å². The maximum absolute atomic E-state index is 13.1. The quantitative estimate of drug-likeness (QED) is 0.855. The Morgan fingerprint density at radius 1 is 1.25 bits per heavy atom. The van der Waals surface area contributed by atoms with E-state index in [2.05, 4.69) is 16.0 Å². The summed E-state index contributed by atoms with van der Waals surface area (Å²) in [6.45, 7) is 2.62. The molecular formula is C19H23N3O2. The van der Waals surface area contributed by atoms with Crippen LogP contribution in [0, 0.1) is 6.92 Å². The van der Waals surface area contributed by atoms with E-state index in [1.54, 1.807) is 6.20 Å². The van der Waals surface area contributed by atoms with Crippen molar-refractivity contribution in [2.45, 2.75) is 57.4 Å². The molecular weight excluding hydrogens is 302 g/mol. The lowest BCUT2D eigenvalue weighted by atomic mass is 9.85. The van der Waals surface area contributed by atoms with Crippen molar-refractivity contribution in [2.24, 2.45) is 0 Å². The fraction of sp³-hybridized carbons (Fsp3) is 0.526. The third kappa shape index (κ3) is 2.72. The Hall–Kier alpha value is -2.17. The standard InChI is InChI=1S/C19H23N3O2/c1-13-17(21-18(24-13)14-6-4-7-14)19(23)22-11-3-2-9-16(22)15-8-5-10-20-12-15/h5,8,10,12,14,16H,2-4,6-7,9,11H2,1H3. The van der Waals surface area contributed by atoms with Crippen LogP contribution in [0.25, 0.3) is 0 Å². The molecule has 1 saturated carbocycles. The monoisotopic (exact) mass is 325 g/mol. The van der Waals surface area contributed by atoms with Gasteiger partial charge in [0.25, 0.3) is 5.91 Å². The predicted molar refractivity (Wildman–Crippen MR) is 89.7 cm³/mol. The fourth-order valence-electron chi connectivity index (χ4n) is 3.68. The van der Waals surface area contributed by atoms with Gasteiger partial charge in [-0.3, -0.25) is 9.78 Å². The molecule has 1 aliphatic carbocycles. The molecule has 2 aromatic heterocycles. The second-order valence-corrected chi connectivity index (χ2v) is 6.88. The second kappa shape index (κ2) is 6.38. The number of aromatic nitrogens is 2.